The maximum Gasteiger partial charge on any atom is 0.302 e. The zero-order valence-corrected chi connectivity index (χ0v) is 7.98. The van der Waals surface area contributed by atoms with Gasteiger partial charge in [0.15, 0.2) is 0 Å². The quantitative estimate of drug-likeness (QED) is 0.606. The van der Waals surface area contributed by atoms with Gasteiger partial charge in [0.2, 0.25) is 0 Å². The molecule has 0 aromatic carbocycles. The van der Waals surface area contributed by atoms with E-state index in [1.807, 2.05) is 11.9 Å². The van der Waals surface area contributed by atoms with Gasteiger partial charge in [-0.15, -0.1) is 3.89 Å². The molecule has 3 nitrogen and oxygen atoms in total. The summed E-state index contributed by atoms with van der Waals surface area (Å²) in [6.45, 7) is 1.69. The number of likely N-dealkylation sites (tertiary alicyclic amines) is 1. The normalized spacial score (nSPS) is 27.3. The van der Waals surface area contributed by atoms with Crippen molar-refractivity contribution in [1.29, 1.82) is 0 Å². The fourth-order valence-corrected chi connectivity index (χ4v) is 2.53. The fourth-order valence-electron chi connectivity index (χ4n) is 1.69. The van der Waals surface area contributed by atoms with Gasteiger partial charge in [0, 0.05) is 6.54 Å². The van der Waals surface area contributed by atoms with E-state index in [0.717, 1.165) is 19.4 Å². The van der Waals surface area contributed by atoms with Crippen LogP contribution in [0, 0.1) is 5.92 Å². The largest absolute Gasteiger partial charge is 0.306 e. The van der Waals surface area contributed by atoms with Gasteiger partial charge in [-0.25, -0.2) is 0 Å². The lowest BCUT2D eigenvalue weighted by Gasteiger charge is -2.28. The van der Waals surface area contributed by atoms with Gasteiger partial charge in [0.1, 0.15) is 0 Å². The number of halogens is 1. The van der Waals surface area contributed by atoms with Crippen LogP contribution in [0.15, 0.2) is 0 Å². The van der Waals surface area contributed by atoms with Crippen molar-refractivity contribution >= 4 is 10.2 Å². The van der Waals surface area contributed by atoms with Crippen molar-refractivity contribution in [3.63, 3.8) is 0 Å². The third-order valence-corrected chi connectivity index (χ3v) is 3.03. The van der Waals surface area contributed by atoms with Gasteiger partial charge in [-0.2, -0.15) is 8.42 Å². The lowest BCUT2D eigenvalue weighted by molar-refractivity contribution is 0.222. The lowest BCUT2D eigenvalue weighted by Crippen LogP contribution is -2.34. The Morgan fingerprint density at radius 1 is 1.58 bits per heavy atom. The van der Waals surface area contributed by atoms with E-state index in [1.165, 1.54) is 0 Å². The lowest BCUT2D eigenvalue weighted by atomic mass is 10.0. The number of piperidine rings is 1. The van der Waals surface area contributed by atoms with E-state index in [-0.39, 0.29) is 11.7 Å². The second-order valence-corrected chi connectivity index (χ2v) is 4.89. The molecule has 1 atom stereocenters. The predicted molar refractivity (Wildman–Crippen MR) is 45.1 cm³/mol. The zero-order chi connectivity index (χ0) is 9.19. The van der Waals surface area contributed by atoms with Crippen molar-refractivity contribution in [3.05, 3.63) is 0 Å². The molecule has 0 N–H and O–H groups in total. The van der Waals surface area contributed by atoms with Crippen LogP contribution in [0.2, 0.25) is 0 Å². The second-order valence-electron chi connectivity index (χ2n) is 3.48. The summed E-state index contributed by atoms with van der Waals surface area (Å²) in [4.78, 5) is 2.04. The van der Waals surface area contributed by atoms with Crippen molar-refractivity contribution in [2.45, 2.75) is 12.8 Å². The van der Waals surface area contributed by atoms with Crippen molar-refractivity contribution in [2.24, 2.45) is 5.92 Å². The standard InChI is InChI=1S/C7H14FNO2S/c1-9-4-2-3-7(5-9)6-12(8,10)11/h7H,2-6H2,1H3. The average molecular weight is 195 g/mol. The first-order valence-corrected chi connectivity index (χ1v) is 5.63. The molecule has 1 rings (SSSR count). The molecular formula is C7H14FNO2S. The van der Waals surface area contributed by atoms with E-state index in [0.29, 0.717) is 6.54 Å². The van der Waals surface area contributed by atoms with Gasteiger partial charge < -0.3 is 4.90 Å². The van der Waals surface area contributed by atoms with E-state index in [4.69, 9.17) is 0 Å². The Morgan fingerprint density at radius 2 is 2.25 bits per heavy atom. The first-order chi connectivity index (χ1) is 5.47. The Balaban J connectivity index is 2.43. The zero-order valence-electron chi connectivity index (χ0n) is 7.16. The van der Waals surface area contributed by atoms with Crippen molar-refractivity contribution in [1.82, 2.24) is 4.90 Å². The summed E-state index contributed by atoms with van der Waals surface area (Å²) in [7, 11) is -2.35. The minimum absolute atomic E-state index is 0.0150. The van der Waals surface area contributed by atoms with Gasteiger partial charge in [0.05, 0.1) is 5.75 Å². The van der Waals surface area contributed by atoms with Crippen molar-refractivity contribution < 1.29 is 12.3 Å². The van der Waals surface area contributed by atoms with Crippen LogP contribution in [0.3, 0.4) is 0 Å². The van der Waals surface area contributed by atoms with Gasteiger partial charge in [-0.05, 0) is 32.4 Å². The topological polar surface area (TPSA) is 37.4 Å². The highest BCUT2D eigenvalue weighted by Gasteiger charge is 2.22. The first kappa shape index (κ1) is 9.92. The van der Waals surface area contributed by atoms with E-state index < -0.39 is 10.2 Å². The molecular weight excluding hydrogens is 181 g/mol. The fraction of sp³-hybridized carbons (Fsp3) is 1.00. The maximum absolute atomic E-state index is 12.3. The Bertz CT molecular complexity index is 240. The molecule has 1 unspecified atom stereocenters. The second kappa shape index (κ2) is 3.70. The molecule has 0 aromatic rings. The van der Waals surface area contributed by atoms with E-state index in [1.54, 1.807) is 0 Å². The highest BCUT2D eigenvalue weighted by Crippen LogP contribution is 2.17. The molecule has 0 amide bonds. The van der Waals surface area contributed by atoms with E-state index >= 15 is 0 Å². The minimum Gasteiger partial charge on any atom is -0.306 e. The highest BCUT2D eigenvalue weighted by atomic mass is 32.3. The van der Waals surface area contributed by atoms with Crippen LogP contribution in [0.1, 0.15) is 12.8 Å². The SMILES string of the molecule is CN1CCCC(CS(=O)(=O)F)C1. The third kappa shape index (κ3) is 3.49. The summed E-state index contributed by atoms with van der Waals surface area (Å²) in [5.41, 5.74) is 0. The molecule has 0 bridgehead atoms. The van der Waals surface area contributed by atoms with Crippen LogP contribution < -0.4 is 0 Å². The smallest absolute Gasteiger partial charge is 0.302 e. The highest BCUT2D eigenvalue weighted by molar-refractivity contribution is 7.86. The average Bonchev–Trinajstić information content (AvgIpc) is 1.82. The van der Waals surface area contributed by atoms with Gasteiger partial charge in [0.25, 0.3) is 0 Å². The predicted octanol–water partition coefficient (Wildman–Crippen LogP) is 0.628. The summed E-state index contributed by atoms with van der Waals surface area (Å²) in [5, 5.41) is 0. The van der Waals surface area contributed by atoms with Crippen LogP contribution in [-0.4, -0.2) is 39.2 Å². The summed E-state index contributed by atoms with van der Waals surface area (Å²) in [5.74, 6) is -0.323. The van der Waals surface area contributed by atoms with Crippen LogP contribution in [-0.2, 0) is 10.2 Å². The van der Waals surface area contributed by atoms with Crippen molar-refractivity contribution in [2.75, 3.05) is 25.9 Å². The number of hydrogen-bond acceptors (Lipinski definition) is 3. The molecule has 1 aliphatic rings. The van der Waals surface area contributed by atoms with Crippen LogP contribution in [0.5, 0.6) is 0 Å². The minimum atomic E-state index is -4.27. The molecule has 1 saturated heterocycles. The van der Waals surface area contributed by atoms with Crippen LogP contribution in [0.4, 0.5) is 3.89 Å². The Labute approximate surface area is 72.8 Å². The molecule has 0 aromatic heterocycles. The van der Waals surface area contributed by atoms with Crippen molar-refractivity contribution in [3.8, 4) is 0 Å². The number of rotatable bonds is 2. The molecule has 72 valence electrons. The summed E-state index contributed by atoms with van der Waals surface area (Å²) in [6.07, 6.45) is 1.80. The molecule has 0 aliphatic carbocycles. The Kier molecular flexibility index (Phi) is 3.06. The van der Waals surface area contributed by atoms with Gasteiger partial charge in [-0.1, -0.05) is 0 Å². The molecule has 0 spiro atoms. The number of nitrogens with zero attached hydrogens (tertiary/aromatic N) is 1. The summed E-state index contributed by atoms with van der Waals surface area (Å²) in [6, 6.07) is 0. The van der Waals surface area contributed by atoms with Gasteiger partial charge >= 0.3 is 10.2 Å². The van der Waals surface area contributed by atoms with Crippen LogP contribution >= 0.6 is 0 Å². The molecule has 1 aliphatic heterocycles. The number of hydrogen-bond donors (Lipinski definition) is 0. The summed E-state index contributed by atoms with van der Waals surface area (Å²) >= 11 is 0. The monoisotopic (exact) mass is 195 g/mol. The molecule has 1 fully saturated rings. The molecule has 5 heteroatoms. The molecule has 0 radical (unpaired) electrons. The third-order valence-electron chi connectivity index (χ3n) is 2.16. The van der Waals surface area contributed by atoms with E-state index in [9.17, 15) is 12.3 Å². The molecule has 12 heavy (non-hydrogen) atoms. The van der Waals surface area contributed by atoms with Crippen LogP contribution in [0.25, 0.3) is 0 Å². The molecule has 1 heterocycles. The first-order valence-electron chi connectivity index (χ1n) is 4.08. The summed E-state index contributed by atoms with van der Waals surface area (Å²) < 4.78 is 32.9. The van der Waals surface area contributed by atoms with E-state index in [2.05, 4.69) is 0 Å². The Morgan fingerprint density at radius 3 is 2.75 bits per heavy atom. The molecule has 0 saturated carbocycles. The maximum atomic E-state index is 12.3. The Hall–Kier alpha value is -0.160. The van der Waals surface area contributed by atoms with Gasteiger partial charge in [-0.3, -0.25) is 0 Å².